The highest BCUT2D eigenvalue weighted by Crippen LogP contribution is 2.38. The summed E-state index contributed by atoms with van der Waals surface area (Å²) in [5, 5.41) is 3.02. The maximum Gasteiger partial charge on any atom is 0.306 e. The van der Waals surface area contributed by atoms with Crippen LogP contribution in [-0.2, 0) is 27.9 Å². The Labute approximate surface area is 507 Å². The van der Waals surface area contributed by atoms with Crippen molar-refractivity contribution < 1.29 is 37.3 Å². The summed E-state index contributed by atoms with van der Waals surface area (Å²) in [4.78, 5) is 40.1. The van der Waals surface area contributed by atoms with E-state index in [2.05, 4.69) is 111 Å². The summed E-state index contributed by atoms with van der Waals surface area (Å²) in [6.45, 7) is 6.68. The van der Waals surface area contributed by atoms with E-state index in [9.17, 15) is 19.0 Å². The van der Waals surface area contributed by atoms with Crippen molar-refractivity contribution >= 4 is 19.7 Å². The first kappa shape index (κ1) is 78.9. The number of phosphoric ester groups is 1. The number of hydrogen-bond acceptors (Lipinski definition) is 7. The van der Waals surface area contributed by atoms with E-state index in [1.165, 1.54) is 173 Å². The first-order chi connectivity index (χ1) is 39.9. The van der Waals surface area contributed by atoms with Crippen molar-refractivity contribution in [1.29, 1.82) is 0 Å². The molecule has 0 rings (SSSR count). The Morgan fingerprint density at radius 1 is 0.439 bits per heavy atom. The predicted octanol–water partition coefficient (Wildman–Crippen LogP) is 20.9. The molecular weight excluding hydrogens is 1040 g/mol. The van der Waals surface area contributed by atoms with E-state index in [-0.39, 0.29) is 18.9 Å². The van der Waals surface area contributed by atoms with Crippen LogP contribution in [0, 0.1) is 0 Å². The zero-order valence-corrected chi connectivity index (χ0v) is 55.1. The molecule has 82 heavy (non-hydrogen) atoms. The van der Waals surface area contributed by atoms with Gasteiger partial charge in [0.05, 0.1) is 33.8 Å². The number of nitrogens with zero attached hydrogens (tertiary/aromatic N) is 1. The fourth-order valence-corrected chi connectivity index (χ4v) is 10.3. The lowest BCUT2D eigenvalue weighted by Gasteiger charge is -2.30. The van der Waals surface area contributed by atoms with Crippen LogP contribution in [0.4, 0.5) is 0 Å². The van der Waals surface area contributed by atoms with Crippen molar-refractivity contribution in [3.63, 3.8) is 0 Å². The quantitative estimate of drug-likeness (QED) is 0.0212. The van der Waals surface area contributed by atoms with Crippen molar-refractivity contribution in [2.75, 3.05) is 40.9 Å². The molecule has 474 valence electrons. The third-order valence-electron chi connectivity index (χ3n) is 14.7. The van der Waals surface area contributed by atoms with E-state index < -0.39 is 32.5 Å². The largest absolute Gasteiger partial charge is 0.756 e. The van der Waals surface area contributed by atoms with Gasteiger partial charge in [-0.05, 0) is 102 Å². The molecule has 0 saturated carbocycles. The van der Waals surface area contributed by atoms with Gasteiger partial charge in [0, 0.05) is 12.8 Å². The highest BCUT2D eigenvalue weighted by Gasteiger charge is 2.27. The molecule has 0 fully saturated rings. The second-order valence-electron chi connectivity index (χ2n) is 23.9. The molecule has 0 aliphatic heterocycles. The molecule has 0 saturated heterocycles. The predicted molar refractivity (Wildman–Crippen MR) is 353 cm³/mol. The van der Waals surface area contributed by atoms with Crippen LogP contribution in [0.25, 0.3) is 0 Å². The summed E-state index contributed by atoms with van der Waals surface area (Å²) in [5.74, 6) is -0.606. The Balaban J connectivity index is 5.10. The number of quaternary nitrogens is 1. The summed E-state index contributed by atoms with van der Waals surface area (Å²) in [7, 11) is 1.15. The monoisotopic (exact) mass is 1160 g/mol. The zero-order chi connectivity index (χ0) is 60.0. The van der Waals surface area contributed by atoms with Gasteiger partial charge in [0.15, 0.2) is 0 Å². The van der Waals surface area contributed by atoms with Crippen molar-refractivity contribution in [2.45, 2.75) is 309 Å². The highest BCUT2D eigenvalue weighted by molar-refractivity contribution is 7.45. The molecule has 0 aliphatic rings. The van der Waals surface area contributed by atoms with Crippen LogP contribution in [0.3, 0.4) is 0 Å². The number of likely N-dealkylation sites (N-methyl/N-ethyl adjacent to an activating group) is 1. The molecule has 0 aliphatic carbocycles. The number of carbonyl (C=O) groups is 2. The van der Waals surface area contributed by atoms with E-state index in [1.54, 1.807) is 0 Å². The number of phosphoric acid groups is 1. The summed E-state index contributed by atoms with van der Waals surface area (Å²) >= 11 is 0. The lowest BCUT2D eigenvalue weighted by atomic mass is 10.0. The lowest BCUT2D eigenvalue weighted by molar-refractivity contribution is -0.870. The number of amides is 1. The molecule has 0 aromatic heterocycles. The van der Waals surface area contributed by atoms with E-state index in [1.807, 2.05) is 33.3 Å². The fraction of sp³-hybridized carbons (Fsp3) is 0.750. The minimum absolute atomic E-state index is 0.0340. The zero-order valence-electron chi connectivity index (χ0n) is 54.2. The van der Waals surface area contributed by atoms with E-state index in [0.717, 1.165) is 83.5 Å². The molecule has 3 atom stereocenters. The van der Waals surface area contributed by atoms with Gasteiger partial charge in [-0.15, -0.1) is 0 Å². The number of carbonyl (C=O) groups excluding carboxylic acids is 2. The Morgan fingerprint density at radius 2 is 0.793 bits per heavy atom. The minimum Gasteiger partial charge on any atom is -0.756 e. The Hall–Kier alpha value is -3.07. The molecule has 3 unspecified atom stereocenters. The fourth-order valence-electron chi connectivity index (χ4n) is 9.53. The van der Waals surface area contributed by atoms with Gasteiger partial charge in [0.1, 0.15) is 19.3 Å². The van der Waals surface area contributed by atoms with Gasteiger partial charge in [0.2, 0.25) is 5.91 Å². The van der Waals surface area contributed by atoms with Gasteiger partial charge < -0.3 is 28.5 Å². The van der Waals surface area contributed by atoms with Gasteiger partial charge in [0.25, 0.3) is 7.82 Å². The normalized spacial score (nSPS) is 14.2. The smallest absolute Gasteiger partial charge is 0.306 e. The molecule has 9 nitrogen and oxygen atoms in total. The number of rotatable bonds is 61. The third kappa shape index (κ3) is 61.5. The number of esters is 1. The van der Waals surface area contributed by atoms with Crippen LogP contribution >= 0.6 is 7.82 Å². The molecule has 0 spiro atoms. The molecule has 0 aromatic rings. The standard InChI is InChI=1S/C72H129N2O7P/c1-7-10-13-16-19-22-25-28-30-32-33-34-35-36-37-38-39-40-41-43-44-46-49-52-55-58-61-64-71(75)73-69(68-80-82(77,78)79-67-66-74(4,5)6)70(63-60-57-54-51-48-27-24-21-18-15-12-9-3)81-72(76)65-62-59-56-53-50-47-45-42-31-29-26-23-20-17-14-11-8-2/h11,14,19-20,22-23,28-31,45,47,53,56,60,63,69-70H,7-10,12-13,15-18,21,24-27,32-44,46,48-52,54-55,57-59,61-62,64-68H2,1-6H3,(H-,73,75,77,78)/b14-11-,22-19-,23-20-,30-28-,31-29-,47-45-,56-53-,63-60-. The average molecular weight is 1170 g/mol. The topological polar surface area (TPSA) is 114 Å². The van der Waals surface area contributed by atoms with Crippen LogP contribution in [0.15, 0.2) is 97.2 Å². The van der Waals surface area contributed by atoms with Crippen molar-refractivity contribution in [2.24, 2.45) is 0 Å². The van der Waals surface area contributed by atoms with Gasteiger partial charge in [-0.3, -0.25) is 14.2 Å². The summed E-state index contributed by atoms with van der Waals surface area (Å²) < 4.78 is 30.3. The minimum atomic E-state index is -4.72. The van der Waals surface area contributed by atoms with E-state index in [4.69, 9.17) is 13.8 Å². The Morgan fingerprint density at radius 3 is 1.22 bits per heavy atom. The first-order valence-electron chi connectivity index (χ1n) is 34.0. The lowest BCUT2D eigenvalue weighted by Crippen LogP contribution is -2.47. The SMILES string of the molecule is CC/C=C\C/C=C\C/C=C\C/C=C\C/C=C\CCCC(=O)OC(/C=C\CCCCCCCCCCCC)C(COP(=O)([O-])OCC[N+](C)(C)C)NC(=O)CCCCCCCCCCCCCCCCCCC/C=C\C/C=C\CCCCC. The molecule has 0 bridgehead atoms. The molecule has 1 amide bonds. The molecule has 0 aromatic carbocycles. The van der Waals surface area contributed by atoms with Crippen molar-refractivity contribution in [3.8, 4) is 0 Å². The number of nitrogens with one attached hydrogen (secondary N) is 1. The van der Waals surface area contributed by atoms with Crippen LogP contribution < -0.4 is 10.2 Å². The van der Waals surface area contributed by atoms with Crippen LogP contribution in [-0.4, -0.2) is 69.4 Å². The molecule has 0 heterocycles. The second kappa shape index (κ2) is 61.0. The number of hydrogen-bond donors (Lipinski definition) is 1. The second-order valence-corrected chi connectivity index (χ2v) is 25.4. The van der Waals surface area contributed by atoms with Crippen LogP contribution in [0.1, 0.15) is 297 Å². The van der Waals surface area contributed by atoms with Gasteiger partial charge in [-0.25, -0.2) is 0 Å². The molecule has 0 radical (unpaired) electrons. The number of unbranched alkanes of at least 4 members (excludes halogenated alkanes) is 31. The highest BCUT2D eigenvalue weighted by atomic mass is 31.2. The summed E-state index contributed by atoms with van der Waals surface area (Å²) in [5.41, 5.74) is 0. The van der Waals surface area contributed by atoms with Crippen LogP contribution in [0.2, 0.25) is 0 Å². The van der Waals surface area contributed by atoms with Gasteiger partial charge in [-0.1, -0.05) is 279 Å². The van der Waals surface area contributed by atoms with Crippen LogP contribution in [0.5, 0.6) is 0 Å². The number of ether oxygens (including phenoxy) is 1. The first-order valence-corrected chi connectivity index (χ1v) is 35.5. The number of allylic oxidation sites excluding steroid dienone is 15. The Bertz CT molecular complexity index is 1720. The summed E-state index contributed by atoms with van der Waals surface area (Å²) in [6.07, 6.45) is 82.6. The van der Waals surface area contributed by atoms with Gasteiger partial charge >= 0.3 is 5.97 Å². The van der Waals surface area contributed by atoms with E-state index >= 15 is 0 Å². The van der Waals surface area contributed by atoms with E-state index in [0.29, 0.717) is 23.9 Å². The van der Waals surface area contributed by atoms with Gasteiger partial charge in [-0.2, -0.15) is 0 Å². The van der Waals surface area contributed by atoms with Crippen molar-refractivity contribution in [3.05, 3.63) is 97.2 Å². The maximum absolute atomic E-state index is 13.6. The Kier molecular flexibility index (Phi) is 58.7. The van der Waals surface area contributed by atoms with Crippen molar-refractivity contribution in [1.82, 2.24) is 5.32 Å². The third-order valence-corrected chi connectivity index (χ3v) is 15.7. The average Bonchev–Trinajstić information content (AvgIpc) is 3.44. The summed E-state index contributed by atoms with van der Waals surface area (Å²) in [6, 6.07) is -0.916. The molecule has 1 N–H and O–H groups in total. The molecule has 10 heteroatoms. The maximum atomic E-state index is 13.6. The molecular formula is C72H129N2O7P.